The van der Waals surface area contributed by atoms with Crippen LogP contribution in [-0.4, -0.2) is 23.7 Å². The van der Waals surface area contributed by atoms with Gasteiger partial charge in [0, 0.05) is 23.4 Å². The van der Waals surface area contributed by atoms with Crippen LogP contribution in [0.15, 0.2) is 15.9 Å². The molecule has 0 aromatic carbocycles. The molecule has 0 spiro atoms. The molecule has 0 radical (unpaired) electrons. The monoisotopic (exact) mass is 345 g/mol. The molecular weight excluding hydrogens is 326 g/mol. The molecule has 2 N–H and O–H groups in total. The summed E-state index contributed by atoms with van der Waals surface area (Å²) in [6.07, 6.45) is 4.30. The Hall–Kier alpha value is -0.390. The first-order chi connectivity index (χ1) is 9.11. The van der Waals surface area contributed by atoms with E-state index < -0.39 is 0 Å². The van der Waals surface area contributed by atoms with Crippen LogP contribution in [0.2, 0.25) is 0 Å². The average Bonchev–Trinajstić information content (AvgIpc) is 2.85. The Kier molecular flexibility index (Phi) is 5.42. The fourth-order valence-electron chi connectivity index (χ4n) is 2.61. The van der Waals surface area contributed by atoms with Crippen LogP contribution in [0.5, 0.6) is 0 Å². The van der Waals surface area contributed by atoms with Crippen LogP contribution in [0, 0.1) is 5.92 Å². The number of halogens is 1. The van der Waals surface area contributed by atoms with Gasteiger partial charge in [0.2, 0.25) is 5.91 Å². The first-order valence-electron chi connectivity index (χ1n) is 6.78. The van der Waals surface area contributed by atoms with Crippen LogP contribution in [0.25, 0.3) is 0 Å². The molecule has 19 heavy (non-hydrogen) atoms. The predicted molar refractivity (Wildman–Crippen MR) is 81.4 cm³/mol. The second-order valence-electron chi connectivity index (χ2n) is 5.21. The number of rotatable bonds is 4. The fraction of sp³-hybridized carbons (Fsp3) is 0.643. The van der Waals surface area contributed by atoms with Crippen LogP contribution in [0.1, 0.15) is 43.4 Å². The Labute approximate surface area is 126 Å². The van der Waals surface area contributed by atoms with E-state index >= 15 is 0 Å². The zero-order valence-electron chi connectivity index (χ0n) is 11.1. The summed E-state index contributed by atoms with van der Waals surface area (Å²) in [6.45, 7) is 2.11. The molecule has 3 nitrogen and oxygen atoms in total. The van der Waals surface area contributed by atoms with E-state index in [0.717, 1.165) is 34.3 Å². The van der Waals surface area contributed by atoms with E-state index in [1.165, 1.54) is 0 Å². The molecule has 1 heterocycles. The third-order valence-corrected chi connectivity index (χ3v) is 5.69. The highest BCUT2D eigenvalue weighted by Crippen LogP contribution is 2.29. The topological polar surface area (TPSA) is 49.3 Å². The smallest absolute Gasteiger partial charge is 0.228 e. The summed E-state index contributed by atoms with van der Waals surface area (Å²) in [5.74, 6) is 0.164. The van der Waals surface area contributed by atoms with E-state index in [2.05, 4.69) is 21.2 Å². The number of amides is 1. The predicted octanol–water partition coefficient (Wildman–Crippen LogP) is 3.28. The lowest BCUT2D eigenvalue weighted by molar-refractivity contribution is -0.123. The lowest BCUT2D eigenvalue weighted by Gasteiger charge is -2.31. The van der Waals surface area contributed by atoms with Crippen molar-refractivity contribution in [2.24, 2.45) is 5.92 Å². The van der Waals surface area contributed by atoms with Crippen molar-refractivity contribution in [1.29, 1.82) is 0 Å². The van der Waals surface area contributed by atoms with E-state index in [9.17, 15) is 9.90 Å². The summed E-state index contributed by atoms with van der Waals surface area (Å²) in [4.78, 5) is 13.4. The van der Waals surface area contributed by atoms with Crippen LogP contribution >= 0.6 is 27.3 Å². The Bertz CT molecular complexity index is 435. The van der Waals surface area contributed by atoms with Crippen LogP contribution in [0.3, 0.4) is 0 Å². The van der Waals surface area contributed by atoms with Gasteiger partial charge in [-0.1, -0.05) is 12.8 Å². The first-order valence-corrected chi connectivity index (χ1v) is 8.39. The number of aliphatic hydroxyl groups excluding tert-OH is 1. The second-order valence-corrected chi connectivity index (χ2v) is 7.70. The van der Waals surface area contributed by atoms with E-state index in [1.807, 2.05) is 19.1 Å². The standard InChI is InChI=1S/C14H20BrNO2S/c1-9(12-6-7-13(15)19-12)14(18)16-11-5-3-2-4-10(11)8-17/h6-7,9-11,17H,2-5,8H2,1H3,(H,16,18). The van der Waals surface area contributed by atoms with Crippen molar-refractivity contribution in [2.75, 3.05) is 6.61 Å². The van der Waals surface area contributed by atoms with Gasteiger partial charge in [0.05, 0.1) is 9.70 Å². The summed E-state index contributed by atoms with van der Waals surface area (Å²) in [7, 11) is 0. The number of carbonyl (C=O) groups excluding carboxylic acids is 1. The van der Waals surface area contributed by atoms with Gasteiger partial charge in [0.1, 0.15) is 0 Å². The lowest BCUT2D eigenvalue weighted by atomic mass is 9.85. The van der Waals surface area contributed by atoms with Gasteiger partial charge < -0.3 is 10.4 Å². The fourth-order valence-corrected chi connectivity index (χ4v) is 4.09. The highest BCUT2D eigenvalue weighted by Gasteiger charge is 2.28. The SMILES string of the molecule is CC(C(=O)NC1CCCCC1CO)c1ccc(Br)s1. The number of thiophene rings is 1. The molecule has 3 atom stereocenters. The summed E-state index contributed by atoms with van der Waals surface area (Å²) in [5.41, 5.74) is 0. The maximum Gasteiger partial charge on any atom is 0.228 e. The average molecular weight is 346 g/mol. The molecule has 1 aliphatic carbocycles. The Morgan fingerprint density at radius 3 is 2.89 bits per heavy atom. The summed E-state index contributed by atoms with van der Waals surface area (Å²) >= 11 is 5.02. The van der Waals surface area contributed by atoms with Gasteiger partial charge in [-0.2, -0.15) is 0 Å². The van der Waals surface area contributed by atoms with Crippen molar-refractivity contribution < 1.29 is 9.90 Å². The molecular formula is C14H20BrNO2S. The van der Waals surface area contributed by atoms with E-state index in [4.69, 9.17) is 0 Å². The van der Waals surface area contributed by atoms with E-state index in [-0.39, 0.29) is 30.4 Å². The highest BCUT2D eigenvalue weighted by molar-refractivity contribution is 9.11. The van der Waals surface area contributed by atoms with Gasteiger partial charge in [-0.25, -0.2) is 0 Å². The van der Waals surface area contributed by atoms with Crippen molar-refractivity contribution in [3.63, 3.8) is 0 Å². The molecule has 1 fully saturated rings. The maximum atomic E-state index is 12.3. The van der Waals surface area contributed by atoms with Crippen molar-refractivity contribution in [3.8, 4) is 0 Å². The number of nitrogens with one attached hydrogen (secondary N) is 1. The Morgan fingerprint density at radius 1 is 1.53 bits per heavy atom. The van der Waals surface area contributed by atoms with Crippen LogP contribution < -0.4 is 5.32 Å². The molecule has 2 rings (SSSR count). The molecule has 0 saturated heterocycles. The molecule has 1 amide bonds. The number of aliphatic hydroxyl groups is 1. The third kappa shape index (κ3) is 3.80. The number of hydrogen-bond acceptors (Lipinski definition) is 3. The summed E-state index contributed by atoms with van der Waals surface area (Å²) < 4.78 is 1.05. The second kappa shape index (κ2) is 6.86. The van der Waals surface area contributed by atoms with Gasteiger partial charge in [-0.3, -0.25) is 4.79 Å². The van der Waals surface area contributed by atoms with Gasteiger partial charge in [0.25, 0.3) is 0 Å². The van der Waals surface area contributed by atoms with E-state index in [1.54, 1.807) is 11.3 Å². The van der Waals surface area contributed by atoms with Crippen LogP contribution in [0.4, 0.5) is 0 Å². The first kappa shape index (κ1) is 15.0. The van der Waals surface area contributed by atoms with Crippen molar-refractivity contribution in [1.82, 2.24) is 5.32 Å². The molecule has 5 heteroatoms. The van der Waals surface area contributed by atoms with Gasteiger partial charge in [-0.15, -0.1) is 11.3 Å². The van der Waals surface area contributed by atoms with Gasteiger partial charge >= 0.3 is 0 Å². The molecule has 1 aliphatic rings. The molecule has 0 aliphatic heterocycles. The van der Waals surface area contributed by atoms with E-state index in [0.29, 0.717) is 0 Å². The maximum absolute atomic E-state index is 12.3. The van der Waals surface area contributed by atoms with Gasteiger partial charge in [-0.05, 0) is 47.8 Å². The molecule has 1 aromatic heterocycles. The Morgan fingerprint density at radius 2 is 2.26 bits per heavy atom. The number of hydrogen-bond donors (Lipinski definition) is 2. The zero-order chi connectivity index (χ0) is 13.8. The molecule has 3 unspecified atom stereocenters. The zero-order valence-corrected chi connectivity index (χ0v) is 13.5. The lowest BCUT2D eigenvalue weighted by Crippen LogP contribution is -2.44. The molecule has 0 bridgehead atoms. The quantitative estimate of drug-likeness (QED) is 0.879. The minimum atomic E-state index is -0.127. The largest absolute Gasteiger partial charge is 0.396 e. The normalized spacial score (nSPS) is 25.0. The van der Waals surface area contributed by atoms with Crippen molar-refractivity contribution in [3.05, 3.63) is 20.8 Å². The molecule has 106 valence electrons. The van der Waals surface area contributed by atoms with Crippen molar-refractivity contribution >= 4 is 33.2 Å². The highest BCUT2D eigenvalue weighted by atomic mass is 79.9. The molecule has 1 saturated carbocycles. The number of carbonyl (C=O) groups is 1. The third-order valence-electron chi connectivity index (χ3n) is 3.89. The minimum absolute atomic E-state index is 0.0692. The summed E-state index contributed by atoms with van der Waals surface area (Å²) in [6, 6.07) is 4.10. The minimum Gasteiger partial charge on any atom is -0.396 e. The Balaban J connectivity index is 1.96. The van der Waals surface area contributed by atoms with Crippen molar-refractivity contribution in [2.45, 2.75) is 44.6 Å². The summed E-state index contributed by atoms with van der Waals surface area (Å²) in [5, 5.41) is 12.5. The van der Waals surface area contributed by atoms with Gasteiger partial charge in [0.15, 0.2) is 0 Å². The molecule has 1 aromatic rings. The van der Waals surface area contributed by atoms with Crippen LogP contribution in [-0.2, 0) is 4.79 Å².